The molecule has 8 heteroatoms. The van der Waals surface area contributed by atoms with Crippen molar-refractivity contribution >= 4 is 17.9 Å². The third kappa shape index (κ3) is 6.57. The SMILES string of the molecule is Cc1ccn(C(CC(C)C)C(=O)N[C@@H](c2cncc(N3CCCC[C@@H]3C)c2)C(C=O)CO)c(=O)c1. The van der Waals surface area contributed by atoms with E-state index in [0.717, 1.165) is 30.6 Å². The van der Waals surface area contributed by atoms with Gasteiger partial charge in [-0.1, -0.05) is 13.8 Å². The van der Waals surface area contributed by atoms with Gasteiger partial charge in [-0.25, -0.2) is 0 Å². The molecule has 2 unspecified atom stereocenters. The molecule has 190 valence electrons. The predicted octanol–water partition coefficient (Wildman–Crippen LogP) is 3.18. The molecule has 1 amide bonds. The molecule has 0 spiro atoms. The lowest BCUT2D eigenvalue weighted by atomic mass is 9.93. The van der Waals surface area contributed by atoms with E-state index in [1.165, 1.54) is 17.1 Å². The summed E-state index contributed by atoms with van der Waals surface area (Å²) < 4.78 is 1.44. The van der Waals surface area contributed by atoms with Crippen LogP contribution in [0.2, 0.25) is 0 Å². The minimum absolute atomic E-state index is 0.155. The highest BCUT2D eigenvalue weighted by Crippen LogP contribution is 2.29. The molecule has 1 aliphatic heterocycles. The van der Waals surface area contributed by atoms with Crippen LogP contribution in [-0.4, -0.2) is 46.0 Å². The maximum atomic E-state index is 13.6. The van der Waals surface area contributed by atoms with Gasteiger partial charge >= 0.3 is 0 Å². The highest BCUT2D eigenvalue weighted by atomic mass is 16.3. The van der Waals surface area contributed by atoms with Gasteiger partial charge < -0.3 is 24.7 Å². The molecular weight excluding hydrogens is 444 g/mol. The zero-order chi connectivity index (χ0) is 25.5. The summed E-state index contributed by atoms with van der Waals surface area (Å²) in [6.45, 7) is 8.50. The highest BCUT2D eigenvalue weighted by Gasteiger charge is 2.30. The number of hydrogen-bond acceptors (Lipinski definition) is 6. The first kappa shape index (κ1) is 26.6. The van der Waals surface area contributed by atoms with Gasteiger partial charge in [0.15, 0.2) is 0 Å². The van der Waals surface area contributed by atoms with Crippen molar-refractivity contribution in [2.75, 3.05) is 18.1 Å². The van der Waals surface area contributed by atoms with Crippen molar-refractivity contribution in [2.45, 2.75) is 71.5 Å². The van der Waals surface area contributed by atoms with E-state index < -0.39 is 24.6 Å². The molecule has 0 aromatic carbocycles. The van der Waals surface area contributed by atoms with E-state index in [1.807, 2.05) is 26.8 Å². The van der Waals surface area contributed by atoms with E-state index in [-0.39, 0.29) is 17.4 Å². The second-order valence-corrected chi connectivity index (χ2v) is 10.1. The molecule has 0 saturated carbocycles. The fraction of sp³-hybridized carbons (Fsp3) is 0.556. The number of aryl methyl sites for hydroxylation is 1. The van der Waals surface area contributed by atoms with E-state index in [4.69, 9.17) is 0 Å². The second-order valence-electron chi connectivity index (χ2n) is 10.1. The Morgan fingerprint density at radius 2 is 2.06 bits per heavy atom. The third-order valence-electron chi connectivity index (χ3n) is 6.79. The van der Waals surface area contributed by atoms with Crippen LogP contribution in [0, 0.1) is 18.8 Å². The van der Waals surface area contributed by atoms with Crippen LogP contribution in [0.5, 0.6) is 0 Å². The molecule has 3 rings (SSSR count). The number of aldehydes is 1. The van der Waals surface area contributed by atoms with E-state index in [9.17, 15) is 19.5 Å². The number of piperidine rings is 1. The largest absolute Gasteiger partial charge is 0.396 e. The molecule has 8 nitrogen and oxygen atoms in total. The minimum atomic E-state index is -0.843. The van der Waals surface area contributed by atoms with Gasteiger partial charge in [0.1, 0.15) is 12.3 Å². The zero-order valence-corrected chi connectivity index (χ0v) is 21.2. The number of carbonyl (C=O) groups is 2. The molecular formula is C27H38N4O4. The normalized spacial score (nSPS) is 18.7. The van der Waals surface area contributed by atoms with Crippen molar-refractivity contribution in [3.05, 3.63) is 58.3 Å². The van der Waals surface area contributed by atoms with Crippen LogP contribution < -0.4 is 15.8 Å². The van der Waals surface area contributed by atoms with Crippen LogP contribution in [-0.2, 0) is 9.59 Å². The number of hydrogen-bond donors (Lipinski definition) is 2. The first-order valence-corrected chi connectivity index (χ1v) is 12.5. The summed E-state index contributed by atoms with van der Waals surface area (Å²) in [6.07, 6.45) is 9.58. The Kier molecular flexibility index (Phi) is 9.20. The summed E-state index contributed by atoms with van der Waals surface area (Å²) in [5, 5.41) is 12.9. The molecule has 1 saturated heterocycles. The summed E-state index contributed by atoms with van der Waals surface area (Å²) in [6, 6.07) is 4.11. The van der Waals surface area contributed by atoms with Crippen molar-refractivity contribution < 1.29 is 14.7 Å². The van der Waals surface area contributed by atoms with Crippen LogP contribution >= 0.6 is 0 Å². The molecule has 0 radical (unpaired) electrons. The number of rotatable bonds is 10. The van der Waals surface area contributed by atoms with Crippen molar-refractivity contribution in [3.63, 3.8) is 0 Å². The number of aromatic nitrogens is 2. The van der Waals surface area contributed by atoms with Crippen molar-refractivity contribution in [1.29, 1.82) is 0 Å². The molecule has 2 aromatic heterocycles. The van der Waals surface area contributed by atoms with Gasteiger partial charge in [0, 0.05) is 31.0 Å². The molecule has 2 N–H and O–H groups in total. The van der Waals surface area contributed by atoms with E-state index >= 15 is 0 Å². The maximum absolute atomic E-state index is 13.6. The number of pyridine rings is 2. The smallest absolute Gasteiger partial charge is 0.251 e. The summed E-state index contributed by atoms with van der Waals surface area (Å²) in [7, 11) is 0. The van der Waals surface area contributed by atoms with Gasteiger partial charge in [0.25, 0.3) is 5.56 Å². The fourth-order valence-corrected chi connectivity index (χ4v) is 4.81. The van der Waals surface area contributed by atoms with Crippen LogP contribution in [0.3, 0.4) is 0 Å². The van der Waals surface area contributed by atoms with E-state index in [0.29, 0.717) is 24.3 Å². The van der Waals surface area contributed by atoms with Gasteiger partial charge in [-0.3, -0.25) is 14.6 Å². The van der Waals surface area contributed by atoms with Gasteiger partial charge in [0.2, 0.25) is 5.91 Å². The lowest BCUT2D eigenvalue weighted by Crippen LogP contribution is -2.42. The van der Waals surface area contributed by atoms with E-state index in [1.54, 1.807) is 24.7 Å². The maximum Gasteiger partial charge on any atom is 0.251 e. The zero-order valence-electron chi connectivity index (χ0n) is 21.2. The van der Waals surface area contributed by atoms with Crippen molar-refractivity contribution in [1.82, 2.24) is 14.9 Å². The molecule has 4 atom stereocenters. The average molecular weight is 483 g/mol. The first-order chi connectivity index (χ1) is 16.7. The number of anilines is 1. The molecule has 2 aromatic rings. The summed E-state index contributed by atoms with van der Waals surface area (Å²) in [4.78, 5) is 44.8. The predicted molar refractivity (Wildman–Crippen MR) is 136 cm³/mol. The number of carbonyl (C=O) groups excluding carboxylic acids is 2. The Bertz CT molecular complexity index is 1070. The Morgan fingerprint density at radius 3 is 2.69 bits per heavy atom. The van der Waals surface area contributed by atoms with Crippen LogP contribution in [0.1, 0.15) is 69.7 Å². The Balaban J connectivity index is 1.95. The summed E-state index contributed by atoms with van der Waals surface area (Å²) >= 11 is 0. The van der Waals surface area contributed by atoms with Crippen LogP contribution in [0.4, 0.5) is 5.69 Å². The Morgan fingerprint density at radius 1 is 1.29 bits per heavy atom. The lowest BCUT2D eigenvalue weighted by Gasteiger charge is -2.36. The Labute approximate surface area is 207 Å². The summed E-state index contributed by atoms with van der Waals surface area (Å²) in [5.41, 5.74) is 2.16. The summed E-state index contributed by atoms with van der Waals surface area (Å²) in [5.74, 6) is -1.06. The number of aliphatic hydroxyl groups is 1. The van der Waals surface area contributed by atoms with Crippen LogP contribution in [0.15, 0.2) is 41.6 Å². The number of aliphatic hydroxyl groups excluding tert-OH is 1. The minimum Gasteiger partial charge on any atom is -0.396 e. The Hall–Kier alpha value is -3.00. The molecule has 3 heterocycles. The molecule has 1 aliphatic rings. The topological polar surface area (TPSA) is 105 Å². The lowest BCUT2D eigenvalue weighted by molar-refractivity contribution is -0.126. The second kappa shape index (κ2) is 12.1. The van der Waals surface area contributed by atoms with Gasteiger partial charge in [-0.05, 0) is 68.7 Å². The van der Waals surface area contributed by atoms with Crippen LogP contribution in [0.25, 0.3) is 0 Å². The number of amides is 1. The highest BCUT2D eigenvalue weighted by molar-refractivity contribution is 5.81. The number of nitrogens with one attached hydrogen (secondary N) is 1. The molecule has 0 aliphatic carbocycles. The van der Waals surface area contributed by atoms with Gasteiger partial charge in [-0.2, -0.15) is 0 Å². The first-order valence-electron chi connectivity index (χ1n) is 12.5. The monoisotopic (exact) mass is 482 g/mol. The van der Waals surface area contributed by atoms with Gasteiger partial charge in [0.05, 0.1) is 30.5 Å². The quantitative estimate of drug-likeness (QED) is 0.504. The number of nitrogens with zero attached hydrogens (tertiary/aromatic N) is 3. The fourth-order valence-electron chi connectivity index (χ4n) is 4.81. The van der Waals surface area contributed by atoms with E-state index in [2.05, 4.69) is 22.1 Å². The molecule has 0 bridgehead atoms. The average Bonchev–Trinajstić information content (AvgIpc) is 2.83. The third-order valence-corrected chi connectivity index (χ3v) is 6.79. The molecule has 1 fully saturated rings. The van der Waals surface area contributed by atoms with Crippen molar-refractivity contribution in [2.24, 2.45) is 11.8 Å². The standard InChI is InChI=1S/C27H38N4O4/c1-18(2)11-24(31-10-8-19(3)12-25(31)34)27(35)29-26(22(16-32)17-33)21-13-23(15-28-14-21)30-9-6-5-7-20(30)4/h8,10,12-16,18,20,22,24,26,33H,5-7,9,11,17H2,1-4H3,(H,29,35)/t20-,22?,24?,26-/m0/s1. The molecule has 35 heavy (non-hydrogen) atoms. The van der Waals surface area contributed by atoms with Gasteiger partial charge in [-0.15, -0.1) is 0 Å². The van der Waals surface area contributed by atoms with Crippen molar-refractivity contribution in [3.8, 4) is 0 Å².